The second-order valence-corrected chi connectivity index (χ2v) is 9.89. The van der Waals surface area contributed by atoms with Crippen molar-refractivity contribution >= 4 is 11.7 Å². The quantitative estimate of drug-likeness (QED) is 0.392. The third-order valence-corrected chi connectivity index (χ3v) is 7.65. The van der Waals surface area contributed by atoms with E-state index < -0.39 is 11.7 Å². The van der Waals surface area contributed by atoms with Gasteiger partial charge in [0.15, 0.2) is 0 Å². The first-order valence-corrected chi connectivity index (χ1v) is 12.4. The first-order valence-electron chi connectivity index (χ1n) is 12.4. The maximum atomic E-state index is 13.4. The highest BCUT2D eigenvalue weighted by atomic mass is 19.4. The van der Waals surface area contributed by atoms with E-state index in [4.69, 9.17) is 9.47 Å². The molecular formula is C30H26F3NO3. The van der Waals surface area contributed by atoms with E-state index in [1.165, 1.54) is 23.3 Å². The van der Waals surface area contributed by atoms with Crippen LogP contribution >= 0.6 is 0 Å². The van der Waals surface area contributed by atoms with E-state index in [1.807, 2.05) is 30.3 Å². The summed E-state index contributed by atoms with van der Waals surface area (Å²) in [6.07, 6.45) is -2.34. The number of halogens is 3. The van der Waals surface area contributed by atoms with Gasteiger partial charge in [0.2, 0.25) is 0 Å². The highest BCUT2D eigenvalue weighted by Gasteiger charge is 2.40. The van der Waals surface area contributed by atoms with E-state index in [0.29, 0.717) is 25.2 Å². The molecule has 0 radical (unpaired) electrons. The van der Waals surface area contributed by atoms with E-state index >= 15 is 0 Å². The Bertz CT molecular complexity index is 1350. The second kappa shape index (κ2) is 9.06. The summed E-state index contributed by atoms with van der Waals surface area (Å²) >= 11 is 0. The monoisotopic (exact) mass is 505 g/mol. The molecule has 190 valence electrons. The standard InChI is InChI=1S/C30H26F3NO3/c1-18-12-20(30(31,32)33)10-11-23(18)19-13-21-15-36-16-22(14-19)34(21)29(35)37-17-28-26-8-4-2-6-24(26)25-7-3-5-9-27(25)28/h2-13,21-22,28H,14-17H2,1H3. The molecular weight excluding hydrogens is 479 g/mol. The Morgan fingerprint density at radius 2 is 1.65 bits per heavy atom. The maximum absolute atomic E-state index is 13.4. The van der Waals surface area contributed by atoms with Crippen molar-refractivity contribution in [3.63, 3.8) is 0 Å². The molecule has 6 rings (SSSR count). The molecule has 2 unspecified atom stereocenters. The zero-order chi connectivity index (χ0) is 25.7. The summed E-state index contributed by atoms with van der Waals surface area (Å²) in [5, 5.41) is 0. The van der Waals surface area contributed by atoms with Gasteiger partial charge in [0.05, 0.1) is 30.9 Å². The molecule has 1 saturated heterocycles. The molecule has 3 aromatic rings. The molecule has 2 heterocycles. The van der Waals surface area contributed by atoms with Gasteiger partial charge in [-0.1, -0.05) is 60.7 Å². The average molecular weight is 506 g/mol. The smallest absolute Gasteiger partial charge is 0.416 e. The highest BCUT2D eigenvalue weighted by Crippen LogP contribution is 2.45. The number of hydrogen-bond acceptors (Lipinski definition) is 3. The number of hydrogen-bond donors (Lipinski definition) is 0. The third kappa shape index (κ3) is 4.21. The maximum Gasteiger partial charge on any atom is 0.416 e. The molecule has 7 heteroatoms. The molecule has 1 aliphatic carbocycles. The van der Waals surface area contributed by atoms with Crippen LogP contribution in [-0.2, 0) is 15.7 Å². The number of aryl methyl sites for hydroxylation is 1. The van der Waals surface area contributed by atoms with Crippen LogP contribution in [0.5, 0.6) is 0 Å². The van der Waals surface area contributed by atoms with Crippen molar-refractivity contribution in [2.24, 2.45) is 0 Å². The van der Waals surface area contributed by atoms with Gasteiger partial charge in [-0.2, -0.15) is 13.2 Å². The average Bonchev–Trinajstić information content (AvgIpc) is 3.19. The number of benzene rings is 3. The molecule has 3 aromatic carbocycles. The van der Waals surface area contributed by atoms with Gasteiger partial charge in [-0.05, 0) is 64.4 Å². The van der Waals surface area contributed by atoms with Crippen LogP contribution in [0, 0.1) is 6.92 Å². The Labute approximate surface area is 213 Å². The van der Waals surface area contributed by atoms with E-state index in [1.54, 1.807) is 11.8 Å². The summed E-state index contributed by atoms with van der Waals surface area (Å²) in [5.41, 5.74) is 6.26. The molecule has 0 saturated carbocycles. The summed E-state index contributed by atoms with van der Waals surface area (Å²) in [5.74, 6) is -0.0295. The number of carbonyl (C=O) groups is 1. The fourth-order valence-electron chi connectivity index (χ4n) is 5.95. The number of alkyl halides is 3. The molecule has 0 aromatic heterocycles. The summed E-state index contributed by atoms with van der Waals surface area (Å²) in [6, 6.07) is 19.6. The minimum atomic E-state index is -4.38. The molecule has 2 atom stereocenters. The second-order valence-electron chi connectivity index (χ2n) is 9.89. The van der Waals surface area contributed by atoms with Crippen LogP contribution in [0.3, 0.4) is 0 Å². The number of nitrogens with zero attached hydrogens (tertiary/aromatic N) is 1. The van der Waals surface area contributed by atoms with Crippen molar-refractivity contribution in [2.45, 2.75) is 37.5 Å². The van der Waals surface area contributed by atoms with Gasteiger partial charge in [0, 0.05) is 5.92 Å². The molecule has 1 fully saturated rings. The van der Waals surface area contributed by atoms with Crippen LogP contribution in [0.25, 0.3) is 16.7 Å². The first-order chi connectivity index (χ1) is 17.8. The summed E-state index contributed by atoms with van der Waals surface area (Å²) < 4.78 is 51.0. The van der Waals surface area contributed by atoms with Crippen molar-refractivity contribution in [1.82, 2.24) is 4.90 Å². The minimum absolute atomic E-state index is 0.0295. The first kappa shape index (κ1) is 23.8. The lowest BCUT2D eigenvalue weighted by molar-refractivity contribution is -0.137. The zero-order valence-electron chi connectivity index (χ0n) is 20.3. The van der Waals surface area contributed by atoms with Gasteiger partial charge < -0.3 is 9.47 Å². The number of ether oxygens (including phenoxy) is 2. The van der Waals surface area contributed by atoms with E-state index in [2.05, 4.69) is 24.3 Å². The fraction of sp³-hybridized carbons (Fsp3) is 0.300. The largest absolute Gasteiger partial charge is 0.448 e. The van der Waals surface area contributed by atoms with Gasteiger partial charge in [0.1, 0.15) is 6.61 Å². The highest BCUT2D eigenvalue weighted by molar-refractivity contribution is 5.79. The van der Waals surface area contributed by atoms with Crippen LogP contribution in [0.4, 0.5) is 18.0 Å². The number of fused-ring (bicyclic) bond motifs is 5. The predicted molar refractivity (Wildman–Crippen MR) is 134 cm³/mol. The van der Waals surface area contributed by atoms with Crippen molar-refractivity contribution in [2.75, 3.05) is 19.8 Å². The van der Waals surface area contributed by atoms with Gasteiger partial charge in [-0.25, -0.2) is 4.79 Å². The van der Waals surface area contributed by atoms with E-state index in [9.17, 15) is 18.0 Å². The molecule has 1 amide bonds. The molecule has 4 nitrogen and oxygen atoms in total. The fourth-order valence-corrected chi connectivity index (χ4v) is 5.95. The number of rotatable bonds is 3. The number of carbonyl (C=O) groups excluding carboxylic acids is 1. The Hall–Kier alpha value is -3.58. The molecule has 3 aliphatic rings. The Morgan fingerprint density at radius 1 is 0.973 bits per heavy atom. The summed E-state index contributed by atoms with van der Waals surface area (Å²) in [7, 11) is 0. The van der Waals surface area contributed by atoms with Crippen molar-refractivity contribution in [1.29, 1.82) is 0 Å². The predicted octanol–water partition coefficient (Wildman–Crippen LogP) is 6.82. The lowest BCUT2D eigenvalue weighted by Gasteiger charge is -2.44. The topological polar surface area (TPSA) is 38.8 Å². The van der Waals surface area contributed by atoms with E-state index in [-0.39, 0.29) is 30.7 Å². The molecule has 2 bridgehead atoms. The SMILES string of the molecule is Cc1cc(C(F)(F)F)ccc1C1=CC2COCC(C1)N2C(=O)OCC1c2ccccc2-c2ccccc21. The van der Waals surface area contributed by atoms with Crippen LogP contribution < -0.4 is 0 Å². The van der Waals surface area contributed by atoms with E-state index in [0.717, 1.165) is 28.3 Å². The molecule has 37 heavy (non-hydrogen) atoms. The lowest BCUT2D eigenvalue weighted by Crippen LogP contribution is -2.56. The zero-order valence-corrected chi connectivity index (χ0v) is 20.3. The summed E-state index contributed by atoms with van der Waals surface area (Å²) in [4.78, 5) is 15.1. The number of amides is 1. The Balaban J connectivity index is 1.21. The van der Waals surface area contributed by atoms with Crippen molar-refractivity contribution < 1.29 is 27.4 Å². The van der Waals surface area contributed by atoms with Crippen molar-refractivity contribution in [3.05, 3.63) is 101 Å². The minimum Gasteiger partial charge on any atom is -0.448 e. The molecule has 0 N–H and O–H groups in total. The van der Waals surface area contributed by atoms with Crippen LogP contribution in [0.15, 0.2) is 72.8 Å². The van der Waals surface area contributed by atoms with Crippen LogP contribution in [0.1, 0.15) is 40.2 Å². The normalized spacial score (nSPS) is 20.8. The Morgan fingerprint density at radius 3 is 2.27 bits per heavy atom. The third-order valence-electron chi connectivity index (χ3n) is 7.65. The van der Waals surface area contributed by atoms with Crippen molar-refractivity contribution in [3.8, 4) is 11.1 Å². The van der Waals surface area contributed by atoms with Gasteiger partial charge in [-0.3, -0.25) is 4.90 Å². The van der Waals surface area contributed by atoms with Crippen LogP contribution in [-0.4, -0.2) is 42.9 Å². The van der Waals surface area contributed by atoms with Crippen LogP contribution in [0.2, 0.25) is 0 Å². The van der Waals surface area contributed by atoms with Gasteiger partial charge in [0.25, 0.3) is 0 Å². The number of morpholine rings is 1. The van der Waals surface area contributed by atoms with Gasteiger partial charge >= 0.3 is 12.3 Å². The summed E-state index contributed by atoms with van der Waals surface area (Å²) in [6.45, 7) is 2.61. The molecule has 2 aliphatic heterocycles. The Kier molecular flexibility index (Phi) is 5.83. The molecule has 0 spiro atoms. The van der Waals surface area contributed by atoms with Gasteiger partial charge in [-0.15, -0.1) is 0 Å². The lowest BCUT2D eigenvalue weighted by atomic mass is 9.87.